The van der Waals surface area contributed by atoms with Crippen molar-refractivity contribution in [3.63, 3.8) is 0 Å². The van der Waals surface area contributed by atoms with Gasteiger partial charge in [-0.25, -0.2) is 23.9 Å². The number of hydrogen-bond donors (Lipinski definition) is 2. The lowest BCUT2D eigenvalue weighted by molar-refractivity contribution is 0.0491. The standard InChI is InChI=1S/C34H45FN8O5/c1-10-11-22-16-21(38-31(44)47-33(3,4)5)12-13-43(22)29-26-24-14-20(35)15-25(42(9)32(45)48-34(6,7)8)27(24)39-28(26)40-30(41-29)46-23-17-36-19(2)37-18-23/h14-15,17-18,21-22H,10-13,16H2,1-9H3,(H,38,44)(H,39,40,41). The van der Waals surface area contributed by atoms with Crippen molar-refractivity contribution in [2.45, 2.75) is 104 Å². The Morgan fingerprint density at radius 1 is 1.08 bits per heavy atom. The van der Waals surface area contributed by atoms with Crippen LogP contribution in [-0.2, 0) is 9.47 Å². The number of nitrogens with one attached hydrogen (secondary N) is 2. The molecule has 2 atom stereocenters. The van der Waals surface area contributed by atoms with Crippen LogP contribution in [0.1, 0.15) is 80.0 Å². The number of aromatic nitrogens is 5. The van der Waals surface area contributed by atoms with Crippen molar-refractivity contribution in [1.82, 2.24) is 30.2 Å². The number of benzene rings is 1. The first-order valence-electron chi connectivity index (χ1n) is 16.2. The van der Waals surface area contributed by atoms with Gasteiger partial charge in [-0.2, -0.15) is 9.97 Å². The fraction of sp³-hybridized carbons (Fsp3) is 0.529. The summed E-state index contributed by atoms with van der Waals surface area (Å²) in [5, 5.41) is 4.12. The Kier molecular flexibility index (Phi) is 9.65. The molecule has 0 aliphatic carbocycles. The molecule has 1 saturated heterocycles. The monoisotopic (exact) mass is 664 g/mol. The maximum Gasteiger partial charge on any atom is 0.414 e. The van der Waals surface area contributed by atoms with Gasteiger partial charge in [-0.15, -0.1) is 0 Å². The van der Waals surface area contributed by atoms with Gasteiger partial charge >= 0.3 is 18.2 Å². The maximum absolute atomic E-state index is 15.4. The third kappa shape index (κ3) is 8.03. The number of hydrogen-bond acceptors (Lipinski definition) is 10. The fourth-order valence-electron chi connectivity index (χ4n) is 5.83. The Labute approximate surface area is 279 Å². The highest BCUT2D eigenvalue weighted by molar-refractivity contribution is 6.16. The second-order valence-electron chi connectivity index (χ2n) is 14.1. The van der Waals surface area contributed by atoms with Crippen molar-refractivity contribution >= 4 is 45.6 Å². The molecule has 14 heteroatoms. The second kappa shape index (κ2) is 13.4. The maximum atomic E-state index is 15.4. The normalized spacial score (nSPS) is 17.0. The molecule has 258 valence electrons. The van der Waals surface area contributed by atoms with Crippen LogP contribution >= 0.6 is 0 Å². The average molecular weight is 665 g/mol. The van der Waals surface area contributed by atoms with Crippen LogP contribution in [0, 0.1) is 12.7 Å². The average Bonchev–Trinajstić information content (AvgIpc) is 3.34. The molecule has 5 rings (SSSR count). The van der Waals surface area contributed by atoms with E-state index in [0.717, 1.165) is 12.8 Å². The number of nitrogens with zero attached hydrogens (tertiary/aromatic N) is 6. The van der Waals surface area contributed by atoms with Crippen molar-refractivity contribution in [1.29, 1.82) is 0 Å². The van der Waals surface area contributed by atoms with E-state index in [2.05, 4.69) is 37.1 Å². The molecule has 4 heterocycles. The lowest BCUT2D eigenvalue weighted by Gasteiger charge is -2.41. The highest BCUT2D eigenvalue weighted by Crippen LogP contribution is 2.40. The zero-order chi connectivity index (χ0) is 35.0. The van der Waals surface area contributed by atoms with Gasteiger partial charge < -0.3 is 29.4 Å². The molecule has 13 nitrogen and oxygen atoms in total. The van der Waals surface area contributed by atoms with Crippen LogP contribution in [0.4, 0.5) is 25.5 Å². The summed E-state index contributed by atoms with van der Waals surface area (Å²) >= 11 is 0. The number of ether oxygens (including phenoxy) is 3. The number of H-pyrrole nitrogens is 1. The molecule has 1 aliphatic rings. The van der Waals surface area contributed by atoms with Gasteiger partial charge in [0.25, 0.3) is 0 Å². The number of anilines is 2. The topological polar surface area (TPSA) is 148 Å². The van der Waals surface area contributed by atoms with Crippen molar-refractivity contribution in [2.75, 3.05) is 23.4 Å². The second-order valence-corrected chi connectivity index (χ2v) is 14.1. The van der Waals surface area contributed by atoms with Gasteiger partial charge in [0.1, 0.15) is 34.3 Å². The molecule has 1 aromatic carbocycles. The molecule has 4 aromatic rings. The fourth-order valence-corrected chi connectivity index (χ4v) is 5.83. The third-order valence-corrected chi connectivity index (χ3v) is 7.79. The minimum Gasteiger partial charge on any atom is -0.444 e. The summed E-state index contributed by atoms with van der Waals surface area (Å²) in [5.41, 5.74) is -0.198. The number of piperidine rings is 1. The van der Waals surface area contributed by atoms with E-state index < -0.39 is 29.2 Å². The lowest BCUT2D eigenvalue weighted by atomic mass is 9.93. The zero-order valence-electron chi connectivity index (χ0n) is 29.1. The molecule has 0 spiro atoms. The van der Waals surface area contributed by atoms with Gasteiger partial charge in [0.2, 0.25) is 0 Å². The number of fused-ring (bicyclic) bond motifs is 3. The summed E-state index contributed by atoms with van der Waals surface area (Å²) in [6.07, 6.45) is 4.95. The molecule has 1 fully saturated rings. The predicted molar refractivity (Wildman–Crippen MR) is 181 cm³/mol. The minimum atomic E-state index is -0.748. The lowest BCUT2D eigenvalue weighted by Crippen LogP contribution is -2.51. The number of rotatable bonds is 7. The van der Waals surface area contributed by atoms with Crippen LogP contribution in [0.25, 0.3) is 21.9 Å². The van der Waals surface area contributed by atoms with Crippen molar-refractivity contribution in [2.24, 2.45) is 0 Å². The van der Waals surface area contributed by atoms with Crippen LogP contribution in [0.15, 0.2) is 24.5 Å². The highest BCUT2D eigenvalue weighted by atomic mass is 19.1. The summed E-state index contributed by atoms with van der Waals surface area (Å²) in [6.45, 7) is 15.2. The molecular weight excluding hydrogens is 619 g/mol. The minimum absolute atomic E-state index is 0.0280. The number of alkyl carbamates (subject to hydrolysis) is 1. The van der Waals surface area contributed by atoms with Crippen LogP contribution < -0.4 is 19.9 Å². The summed E-state index contributed by atoms with van der Waals surface area (Å²) in [6, 6.07) is 2.60. The van der Waals surface area contributed by atoms with Crippen LogP contribution in [0.5, 0.6) is 11.8 Å². The summed E-state index contributed by atoms with van der Waals surface area (Å²) in [7, 11) is 1.53. The Morgan fingerprint density at radius 3 is 2.42 bits per heavy atom. The van der Waals surface area contributed by atoms with Crippen LogP contribution in [0.2, 0.25) is 0 Å². The summed E-state index contributed by atoms with van der Waals surface area (Å²) in [4.78, 5) is 50.5. The Bertz CT molecular complexity index is 1800. The number of aromatic amines is 1. The van der Waals surface area contributed by atoms with E-state index in [1.807, 2.05) is 20.8 Å². The number of amides is 2. The van der Waals surface area contributed by atoms with E-state index in [0.29, 0.717) is 58.7 Å². The molecule has 1 aliphatic heterocycles. The Hall–Kier alpha value is -4.75. The van der Waals surface area contributed by atoms with E-state index in [4.69, 9.17) is 19.2 Å². The molecule has 0 radical (unpaired) electrons. The third-order valence-electron chi connectivity index (χ3n) is 7.79. The molecule has 2 amide bonds. The van der Waals surface area contributed by atoms with E-state index in [1.54, 1.807) is 27.7 Å². The van der Waals surface area contributed by atoms with E-state index in [9.17, 15) is 9.59 Å². The molecule has 3 aromatic heterocycles. The van der Waals surface area contributed by atoms with Gasteiger partial charge in [-0.1, -0.05) is 13.3 Å². The number of carbonyl (C=O) groups excluding carboxylic acids is 2. The molecule has 0 saturated carbocycles. The first-order chi connectivity index (χ1) is 22.5. The number of carbonyl (C=O) groups is 2. The first kappa shape index (κ1) is 34.6. The Balaban J connectivity index is 1.62. The smallest absolute Gasteiger partial charge is 0.414 e. The van der Waals surface area contributed by atoms with Gasteiger partial charge in [-0.05, 0) is 79.9 Å². The summed E-state index contributed by atoms with van der Waals surface area (Å²) < 4.78 is 32.5. The largest absolute Gasteiger partial charge is 0.444 e. The number of halogens is 1. The molecule has 48 heavy (non-hydrogen) atoms. The summed E-state index contributed by atoms with van der Waals surface area (Å²) in [5.74, 6) is 0.940. The van der Waals surface area contributed by atoms with E-state index in [-0.39, 0.29) is 23.8 Å². The van der Waals surface area contributed by atoms with Gasteiger partial charge in [0.05, 0.1) is 29.0 Å². The quantitative estimate of drug-likeness (QED) is 0.208. The van der Waals surface area contributed by atoms with Gasteiger partial charge in [-0.3, -0.25) is 4.90 Å². The van der Waals surface area contributed by atoms with Gasteiger partial charge in [0.15, 0.2) is 5.75 Å². The number of aryl methyl sites for hydroxylation is 1. The van der Waals surface area contributed by atoms with Crippen molar-refractivity contribution < 1.29 is 28.2 Å². The van der Waals surface area contributed by atoms with Crippen LogP contribution in [0.3, 0.4) is 0 Å². The predicted octanol–water partition coefficient (Wildman–Crippen LogP) is 7.17. The molecular formula is C34H45FN8O5. The van der Waals surface area contributed by atoms with Gasteiger partial charge in [0, 0.05) is 31.1 Å². The molecule has 2 unspecified atom stereocenters. The van der Waals surface area contributed by atoms with Crippen LogP contribution in [-0.4, -0.2) is 74.0 Å². The molecule has 0 bridgehead atoms. The first-order valence-corrected chi connectivity index (χ1v) is 16.2. The van der Waals surface area contributed by atoms with E-state index in [1.165, 1.54) is 36.5 Å². The Morgan fingerprint density at radius 2 is 1.77 bits per heavy atom. The zero-order valence-corrected chi connectivity index (χ0v) is 29.1. The van der Waals surface area contributed by atoms with Crippen molar-refractivity contribution in [3.05, 3.63) is 36.2 Å². The highest BCUT2D eigenvalue weighted by Gasteiger charge is 2.34. The molecule has 2 N–H and O–H groups in total. The SMILES string of the molecule is CCCC1CC(NC(=O)OC(C)(C)C)CCN1c1nc(Oc2cnc(C)nc2)nc2[nH]c3c(N(C)C(=O)OC(C)(C)C)cc(F)cc3c12. The van der Waals surface area contributed by atoms with E-state index >= 15 is 4.39 Å². The van der Waals surface area contributed by atoms with Crippen molar-refractivity contribution in [3.8, 4) is 11.8 Å².